The maximum atomic E-state index is 6.11. The van der Waals surface area contributed by atoms with Gasteiger partial charge in [-0.05, 0) is 34.5 Å². The van der Waals surface area contributed by atoms with Gasteiger partial charge in [0.2, 0.25) is 0 Å². The van der Waals surface area contributed by atoms with Gasteiger partial charge in [-0.2, -0.15) is 0 Å². The van der Waals surface area contributed by atoms with Gasteiger partial charge in [0.05, 0.1) is 6.61 Å². The molecule has 0 amide bonds. The standard InChI is InChI=1S/C21H22ClNO2/c1-24-13-12-23-14-20-19-5-3-2-4-17(19)8-11-21(20)25-15-16-6-9-18(22)10-7-16/h2-11,23H,12-15H2,1H3. The molecule has 0 aliphatic heterocycles. The molecule has 0 spiro atoms. The lowest BCUT2D eigenvalue weighted by molar-refractivity contribution is 0.199. The molecule has 1 N–H and O–H groups in total. The zero-order chi connectivity index (χ0) is 17.5. The van der Waals surface area contributed by atoms with E-state index < -0.39 is 0 Å². The first-order valence-corrected chi connectivity index (χ1v) is 8.73. The monoisotopic (exact) mass is 355 g/mol. The maximum Gasteiger partial charge on any atom is 0.124 e. The van der Waals surface area contributed by atoms with Gasteiger partial charge in [-0.1, -0.05) is 54.1 Å². The van der Waals surface area contributed by atoms with Crippen molar-refractivity contribution in [3.05, 3.63) is 76.8 Å². The summed E-state index contributed by atoms with van der Waals surface area (Å²) in [4.78, 5) is 0. The predicted molar refractivity (Wildman–Crippen MR) is 103 cm³/mol. The first-order valence-electron chi connectivity index (χ1n) is 8.35. The minimum absolute atomic E-state index is 0.514. The van der Waals surface area contributed by atoms with Gasteiger partial charge in [-0.3, -0.25) is 0 Å². The van der Waals surface area contributed by atoms with Gasteiger partial charge in [0.25, 0.3) is 0 Å². The van der Waals surface area contributed by atoms with E-state index in [-0.39, 0.29) is 0 Å². The highest BCUT2D eigenvalue weighted by Gasteiger charge is 2.09. The molecule has 0 aromatic heterocycles. The van der Waals surface area contributed by atoms with E-state index in [1.54, 1.807) is 7.11 Å². The van der Waals surface area contributed by atoms with E-state index >= 15 is 0 Å². The Morgan fingerprint density at radius 1 is 0.960 bits per heavy atom. The molecule has 0 saturated heterocycles. The van der Waals surface area contributed by atoms with E-state index in [2.05, 4.69) is 35.6 Å². The van der Waals surface area contributed by atoms with Crippen LogP contribution in [0.5, 0.6) is 5.75 Å². The average Bonchev–Trinajstić information content (AvgIpc) is 2.65. The van der Waals surface area contributed by atoms with Crippen molar-refractivity contribution in [3.8, 4) is 5.75 Å². The highest BCUT2D eigenvalue weighted by atomic mass is 35.5. The van der Waals surface area contributed by atoms with Crippen LogP contribution in [0.4, 0.5) is 0 Å². The molecule has 0 unspecified atom stereocenters. The maximum absolute atomic E-state index is 6.11. The fourth-order valence-corrected chi connectivity index (χ4v) is 2.89. The molecule has 25 heavy (non-hydrogen) atoms. The molecule has 0 aliphatic rings. The Morgan fingerprint density at radius 2 is 1.76 bits per heavy atom. The lowest BCUT2D eigenvalue weighted by Gasteiger charge is -2.15. The van der Waals surface area contributed by atoms with Crippen molar-refractivity contribution in [2.75, 3.05) is 20.3 Å². The molecule has 4 heteroatoms. The zero-order valence-corrected chi connectivity index (χ0v) is 15.1. The summed E-state index contributed by atoms with van der Waals surface area (Å²) in [5.41, 5.74) is 2.26. The third-order valence-electron chi connectivity index (χ3n) is 4.09. The Kier molecular flexibility index (Phi) is 6.29. The molecule has 0 saturated carbocycles. The van der Waals surface area contributed by atoms with Gasteiger partial charge >= 0.3 is 0 Å². The Hall–Kier alpha value is -2.07. The van der Waals surface area contributed by atoms with E-state index in [1.165, 1.54) is 16.3 Å². The van der Waals surface area contributed by atoms with Crippen molar-refractivity contribution in [1.82, 2.24) is 5.32 Å². The summed E-state index contributed by atoms with van der Waals surface area (Å²) in [7, 11) is 1.71. The van der Waals surface area contributed by atoms with Crippen molar-refractivity contribution >= 4 is 22.4 Å². The predicted octanol–water partition coefficient (Wildman–Crippen LogP) is 4.81. The normalized spacial score (nSPS) is 11.0. The Balaban J connectivity index is 1.81. The van der Waals surface area contributed by atoms with E-state index in [1.807, 2.05) is 30.3 Å². The number of benzene rings is 3. The van der Waals surface area contributed by atoms with Gasteiger partial charge in [0, 0.05) is 30.8 Å². The number of nitrogens with one attached hydrogen (secondary N) is 1. The summed E-state index contributed by atoms with van der Waals surface area (Å²) in [6.45, 7) is 2.74. The van der Waals surface area contributed by atoms with Gasteiger partial charge in [-0.25, -0.2) is 0 Å². The quantitative estimate of drug-likeness (QED) is 0.588. The molecule has 3 nitrogen and oxygen atoms in total. The molecular formula is C21H22ClNO2. The van der Waals surface area contributed by atoms with E-state index in [9.17, 15) is 0 Å². The van der Waals surface area contributed by atoms with Gasteiger partial charge in [-0.15, -0.1) is 0 Å². The minimum atomic E-state index is 0.514. The topological polar surface area (TPSA) is 30.5 Å². The lowest BCUT2D eigenvalue weighted by atomic mass is 10.0. The molecule has 0 atom stereocenters. The molecule has 3 rings (SSSR count). The molecule has 3 aromatic rings. The highest BCUT2D eigenvalue weighted by molar-refractivity contribution is 6.30. The summed E-state index contributed by atoms with van der Waals surface area (Å²) in [6, 6.07) is 20.3. The molecule has 0 heterocycles. The zero-order valence-electron chi connectivity index (χ0n) is 14.3. The molecule has 130 valence electrons. The minimum Gasteiger partial charge on any atom is -0.489 e. The van der Waals surface area contributed by atoms with Crippen LogP contribution < -0.4 is 10.1 Å². The summed E-state index contributed by atoms with van der Waals surface area (Å²) in [6.07, 6.45) is 0. The van der Waals surface area contributed by atoms with Crippen molar-refractivity contribution < 1.29 is 9.47 Å². The summed E-state index contributed by atoms with van der Waals surface area (Å²) < 4.78 is 11.2. The Labute approximate surface area is 153 Å². The van der Waals surface area contributed by atoms with E-state index in [0.717, 1.165) is 29.4 Å². The lowest BCUT2D eigenvalue weighted by Crippen LogP contribution is -2.19. The average molecular weight is 356 g/mol. The molecule has 0 bridgehead atoms. The van der Waals surface area contributed by atoms with E-state index in [0.29, 0.717) is 13.2 Å². The Morgan fingerprint density at radius 3 is 2.56 bits per heavy atom. The van der Waals surface area contributed by atoms with Crippen molar-refractivity contribution in [2.45, 2.75) is 13.2 Å². The SMILES string of the molecule is COCCNCc1c(OCc2ccc(Cl)cc2)ccc2ccccc12. The van der Waals surface area contributed by atoms with Crippen LogP contribution in [0.25, 0.3) is 10.8 Å². The van der Waals surface area contributed by atoms with Gasteiger partial charge < -0.3 is 14.8 Å². The number of halogens is 1. The van der Waals surface area contributed by atoms with E-state index in [4.69, 9.17) is 21.1 Å². The van der Waals surface area contributed by atoms with Crippen LogP contribution in [0.2, 0.25) is 5.02 Å². The number of methoxy groups -OCH3 is 1. The number of fused-ring (bicyclic) bond motifs is 1. The second kappa shape index (κ2) is 8.86. The first-order chi connectivity index (χ1) is 12.3. The summed E-state index contributed by atoms with van der Waals surface area (Å²) in [5.74, 6) is 0.901. The third kappa shape index (κ3) is 4.73. The van der Waals surface area contributed by atoms with Crippen molar-refractivity contribution in [2.24, 2.45) is 0 Å². The molecule has 0 aliphatic carbocycles. The van der Waals surface area contributed by atoms with Crippen LogP contribution in [-0.2, 0) is 17.9 Å². The van der Waals surface area contributed by atoms with Crippen LogP contribution in [0, 0.1) is 0 Å². The van der Waals surface area contributed by atoms with Crippen LogP contribution in [0.1, 0.15) is 11.1 Å². The summed E-state index contributed by atoms with van der Waals surface area (Å²) in [5, 5.41) is 6.57. The first kappa shape index (κ1) is 17.7. The highest BCUT2D eigenvalue weighted by Crippen LogP contribution is 2.28. The third-order valence-corrected chi connectivity index (χ3v) is 4.34. The second-order valence-corrected chi connectivity index (χ2v) is 6.28. The van der Waals surface area contributed by atoms with Crippen molar-refractivity contribution in [1.29, 1.82) is 0 Å². The number of rotatable bonds is 8. The van der Waals surface area contributed by atoms with Crippen LogP contribution >= 0.6 is 11.6 Å². The fourth-order valence-electron chi connectivity index (χ4n) is 2.76. The fraction of sp³-hybridized carbons (Fsp3) is 0.238. The largest absolute Gasteiger partial charge is 0.489 e. The number of hydrogen-bond acceptors (Lipinski definition) is 3. The van der Waals surface area contributed by atoms with Crippen LogP contribution in [0.15, 0.2) is 60.7 Å². The van der Waals surface area contributed by atoms with Gasteiger partial charge in [0.1, 0.15) is 12.4 Å². The second-order valence-electron chi connectivity index (χ2n) is 5.85. The number of ether oxygens (including phenoxy) is 2. The molecule has 0 fully saturated rings. The van der Waals surface area contributed by atoms with Crippen molar-refractivity contribution in [3.63, 3.8) is 0 Å². The summed E-state index contributed by atoms with van der Waals surface area (Å²) >= 11 is 5.94. The molecule has 0 radical (unpaired) electrons. The van der Waals surface area contributed by atoms with Gasteiger partial charge in [0.15, 0.2) is 0 Å². The number of hydrogen-bond donors (Lipinski definition) is 1. The van der Waals surface area contributed by atoms with Crippen LogP contribution in [0.3, 0.4) is 0 Å². The molecular weight excluding hydrogens is 334 g/mol. The Bertz CT molecular complexity index is 818. The molecule has 3 aromatic carbocycles. The van der Waals surface area contributed by atoms with Crippen LogP contribution in [-0.4, -0.2) is 20.3 Å². The smallest absolute Gasteiger partial charge is 0.124 e.